The summed E-state index contributed by atoms with van der Waals surface area (Å²) in [5, 5.41) is 0. The van der Waals surface area contributed by atoms with Crippen molar-refractivity contribution in [2.75, 3.05) is 6.61 Å². The summed E-state index contributed by atoms with van der Waals surface area (Å²) in [5.41, 5.74) is -0.937. The fraction of sp³-hybridized carbons (Fsp3) is 0.812. The molecule has 2 aliphatic heterocycles. The van der Waals surface area contributed by atoms with E-state index in [1.165, 1.54) is 0 Å². The van der Waals surface area contributed by atoms with Crippen LogP contribution >= 0.6 is 0 Å². The lowest BCUT2D eigenvalue weighted by Gasteiger charge is -2.18. The molecule has 2 rings (SSSR count). The van der Waals surface area contributed by atoms with Crippen LogP contribution in [-0.4, -0.2) is 41.8 Å². The fourth-order valence-corrected chi connectivity index (χ4v) is 2.36. The molecule has 0 aromatic rings. The van der Waals surface area contributed by atoms with Gasteiger partial charge in [0.15, 0.2) is 0 Å². The number of carbonyl (C=O) groups is 1. The Kier molecular flexibility index (Phi) is 4.10. The summed E-state index contributed by atoms with van der Waals surface area (Å²) in [5.74, 6) is 0. The molecule has 21 heavy (non-hydrogen) atoms. The highest BCUT2D eigenvalue weighted by Gasteiger charge is 2.56. The Bertz CT molecular complexity index is 427. The number of epoxide rings is 2. The standard InChI is InChI=1S/C16H26O5/c1-7-15(5)11(19-15)8-9-16(6)12(20-16)10-18-13(17)21-14(2,3)4/h7,11-12H,1,8-10H2,2-6H3/t11-,12-,15-,16-/m1/s1. The number of rotatable bonds is 6. The molecule has 2 heterocycles. The number of carbonyl (C=O) groups excluding carboxylic acids is 1. The monoisotopic (exact) mass is 298 g/mol. The maximum absolute atomic E-state index is 11.5. The second-order valence-corrected chi connectivity index (χ2v) is 7.23. The predicted molar refractivity (Wildman–Crippen MR) is 78.2 cm³/mol. The van der Waals surface area contributed by atoms with Gasteiger partial charge < -0.3 is 18.9 Å². The summed E-state index contributed by atoms with van der Waals surface area (Å²) in [4.78, 5) is 11.5. The van der Waals surface area contributed by atoms with Crippen LogP contribution in [0.5, 0.6) is 0 Å². The van der Waals surface area contributed by atoms with E-state index in [2.05, 4.69) is 6.58 Å². The van der Waals surface area contributed by atoms with E-state index >= 15 is 0 Å². The normalized spacial score (nSPS) is 37.8. The van der Waals surface area contributed by atoms with Crippen LogP contribution in [0.1, 0.15) is 47.5 Å². The van der Waals surface area contributed by atoms with E-state index in [1.54, 1.807) is 20.8 Å². The maximum Gasteiger partial charge on any atom is 0.508 e. The van der Waals surface area contributed by atoms with Gasteiger partial charge in [-0.2, -0.15) is 0 Å². The molecule has 0 unspecified atom stereocenters. The molecule has 2 aliphatic rings. The Balaban J connectivity index is 1.64. The SMILES string of the molecule is C=C[C@@]1(C)O[C@@H]1CC[C@@]1(C)O[C@@H]1COC(=O)OC(C)(C)C. The van der Waals surface area contributed by atoms with Crippen LogP contribution in [0.25, 0.3) is 0 Å². The first-order valence-electron chi connectivity index (χ1n) is 7.43. The quantitative estimate of drug-likeness (QED) is 0.428. The van der Waals surface area contributed by atoms with Crippen LogP contribution in [0.15, 0.2) is 12.7 Å². The first kappa shape index (κ1) is 16.3. The molecule has 0 N–H and O–H groups in total. The molecule has 0 bridgehead atoms. The summed E-state index contributed by atoms with van der Waals surface area (Å²) in [6.45, 7) is 13.5. The van der Waals surface area contributed by atoms with Crippen LogP contribution in [0.2, 0.25) is 0 Å². The topological polar surface area (TPSA) is 60.6 Å². The van der Waals surface area contributed by atoms with Gasteiger partial charge in [0.05, 0.1) is 11.7 Å². The van der Waals surface area contributed by atoms with Crippen LogP contribution in [0, 0.1) is 0 Å². The van der Waals surface area contributed by atoms with E-state index < -0.39 is 11.8 Å². The van der Waals surface area contributed by atoms with E-state index in [1.807, 2.05) is 19.9 Å². The van der Waals surface area contributed by atoms with Crippen LogP contribution in [0.4, 0.5) is 4.79 Å². The summed E-state index contributed by atoms with van der Waals surface area (Å²) in [7, 11) is 0. The molecular weight excluding hydrogens is 272 g/mol. The largest absolute Gasteiger partial charge is 0.508 e. The first-order chi connectivity index (χ1) is 9.58. The zero-order valence-electron chi connectivity index (χ0n) is 13.6. The average molecular weight is 298 g/mol. The van der Waals surface area contributed by atoms with Crippen molar-refractivity contribution in [1.82, 2.24) is 0 Å². The van der Waals surface area contributed by atoms with Gasteiger partial charge in [-0.05, 0) is 47.5 Å². The van der Waals surface area contributed by atoms with Gasteiger partial charge in [-0.1, -0.05) is 6.08 Å². The van der Waals surface area contributed by atoms with Crippen molar-refractivity contribution in [3.8, 4) is 0 Å². The molecule has 0 aromatic carbocycles. The van der Waals surface area contributed by atoms with Crippen LogP contribution in [-0.2, 0) is 18.9 Å². The minimum Gasteiger partial charge on any atom is -0.431 e. The maximum atomic E-state index is 11.5. The van der Waals surface area contributed by atoms with E-state index in [0.29, 0.717) is 0 Å². The second kappa shape index (κ2) is 5.29. The van der Waals surface area contributed by atoms with Crippen molar-refractivity contribution in [3.05, 3.63) is 12.7 Å². The molecule has 120 valence electrons. The Morgan fingerprint density at radius 1 is 1.29 bits per heavy atom. The average Bonchev–Trinajstić information content (AvgIpc) is 3.20. The molecule has 0 saturated carbocycles. The van der Waals surface area contributed by atoms with E-state index in [9.17, 15) is 4.79 Å². The molecule has 5 nitrogen and oxygen atoms in total. The summed E-state index contributed by atoms with van der Waals surface area (Å²) in [6, 6.07) is 0. The lowest BCUT2D eigenvalue weighted by molar-refractivity contribution is -0.00949. The van der Waals surface area contributed by atoms with Gasteiger partial charge in [0, 0.05) is 0 Å². The molecule has 2 saturated heterocycles. The highest BCUT2D eigenvalue weighted by atomic mass is 16.7. The minimum absolute atomic E-state index is 0.0567. The molecule has 0 spiro atoms. The lowest BCUT2D eigenvalue weighted by Crippen LogP contribution is -2.26. The summed E-state index contributed by atoms with van der Waals surface area (Å²) < 4.78 is 21.4. The lowest BCUT2D eigenvalue weighted by atomic mass is 9.96. The third kappa shape index (κ3) is 4.20. The smallest absolute Gasteiger partial charge is 0.431 e. The third-order valence-corrected chi connectivity index (χ3v) is 4.06. The van der Waals surface area contributed by atoms with Crippen molar-refractivity contribution in [1.29, 1.82) is 0 Å². The zero-order chi connectivity index (χ0) is 15.9. The molecule has 0 aromatic heterocycles. The highest BCUT2D eigenvalue weighted by Crippen LogP contribution is 2.46. The second-order valence-electron chi connectivity index (χ2n) is 7.23. The number of hydrogen-bond acceptors (Lipinski definition) is 5. The minimum atomic E-state index is -0.648. The molecule has 0 radical (unpaired) electrons. The zero-order valence-corrected chi connectivity index (χ0v) is 13.6. The van der Waals surface area contributed by atoms with E-state index in [-0.39, 0.29) is 30.0 Å². The van der Waals surface area contributed by atoms with Crippen molar-refractivity contribution in [2.45, 2.75) is 76.5 Å². The van der Waals surface area contributed by atoms with E-state index in [4.69, 9.17) is 18.9 Å². The van der Waals surface area contributed by atoms with Gasteiger partial charge in [-0.25, -0.2) is 4.79 Å². The van der Waals surface area contributed by atoms with Crippen LogP contribution < -0.4 is 0 Å². The number of hydrogen-bond donors (Lipinski definition) is 0. The Labute approximate surface area is 126 Å². The van der Waals surface area contributed by atoms with Crippen molar-refractivity contribution >= 4 is 6.16 Å². The molecule has 4 atom stereocenters. The van der Waals surface area contributed by atoms with Gasteiger partial charge >= 0.3 is 6.16 Å². The fourth-order valence-electron chi connectivity index (χ4n) is 2.36. The molecule has 0 aliphatic carbocycles. The van der Waals surface area contributed by atoms with E-state index in [0.717, 1.165) is 12.8 Å². The van der Waals surface area contributed by atoms with Crippen LogP contribution in [0.3, 0.4) is 0 Å². The van der Waals surface area contributed by atoms with Crippen molar-refractivity contribution in [3.63, 3.8) is 0 Å². The van der Waals surface area contributed by atoms with Gasteiger partial charge in [0.2, 0.25) is 0 Å². The van der Waals surface area contributed by atoms with Gasteiger partial charge in [-0.15, -0.1) is 6.58 Å². The van der Waals surface area contributed by atoms with Crippen molar-refractivity contribution < 1.29 is 23.7 Å². The Morgan fingerprint density at radius 2 is 1.95 bits per heavy atom. The Hall–Kier alpha value is -1.07. The first-order valence-corrected chi connectivity index (χ1v) is 7.43. The van der Waals surface area contributed by atoms with Gasteiger partial charge in [-0.3, -0.25) is 0 Å². The number of ether oxygens (including phenoxy) is 4. The van der Waals surface area contributed by atoms with Gasteiger partial charge in [0.25, 0.3) is 0 Å². The Morgan fingerprint density at radius 3 is 2.48 bits per heavy atom. The molecule has 0 amide bonds. The van der Waals surface area contributed by atoms with Crippen molar-refractivity contribution in [2.24, 2.45) is 0 Å². The highest BCUT2D eigenvalue weighted by molar-refractivity contribution is 5.60. The summed E-state index contributed by atoms with van der Waals surface area (Å²) in [6.07, 6.45) is 3.16. The molecule has 2 fully saturated rings. The molecule has 5 heteroatoms. The third-order valence-electron chi connectivity index (χ3n) is 4.06. The van der Waals surface area contributed by atoms with Gasteiger partial charge in [0.1, 0.15) is 23.9 Å². The summed E-state index contributed by atoms with van der Waals surface area (Å²) >= 11 is 0. The predicted octanol–water partition coefficient (Wildman–Crippen LogP) is 3.22. The molecular formula is C16H26O5.